The summed E-state index contributed by atoms with van der Waals surface area (Å²) in [5, 5.41) is 3.64. The molecule has 0 unspecified atom stereocenters. The standard InChI is InChI=1S/C18H19ClN2OS/c19-14-3-9-17(10-4-14)23-13-18(22)20-15-5-7-16(8-6-15)21-11-1-2-12-21/h3-10H,1-2,11-13H2,(H,20,22). The summed E-state index contributed by atoms with van der Waals surface area (Å²) in [6.45, 7) is 2.26. The van der Waals surface area contributed by atoms with Crippen molar-refractivity contribution in [3.8, 4) is 0 Å². The first kappa shape index (κ1) is 16.2. The van der Waals surface area contributed by atoms with E-state index in [0.717, 1.165) is 23.7 Å². The molecule has 0 aliphatic carbocycles. The van der Waals surface area contributed by atoms with Gasteiger partial charge in [0.1, 0.15) is 0 Å². The van der Waals surface area contributed by atoms with E-state index in [9.17, 15) is 4.79 Å². The normalized spacial score (nSPS) is 14.0. The van der Waals surface area contributed by atoms with E-state index in [0.29, 0.717) is 10.8 Å². The molecule has 2 aromatic rings. The van der Waals surface area contributed by atoms with E-state index in [1.807, 2.05) is 36.4 Å². The minimum atomic E-state index is -0.00104. The number of thioether (sulfide) groups is 1. The Labute approximate surface area is 146 Å². The molecular weight excluding hydrogens is 328 g/mol. The molecule has 1 fully saturated rings. The maximum absolute atomic E-state index is 12.0. The van der Waals surface area contributed by atoms with Crippen molar-refractivity contribution >= 4 is 40.6 Å². The number of hydrogen-bond acceptors (Lipinski definition) is 3. The van der Waals surface area contributed by atoms with Crippen LogP contribution >= 0.6 is 23.4 Å². The second-order valence-electron chi connectivity index (χ2n) is 5.53. The van der Waals surface area contributed by atoms with Crippen LogP contribution in [0.4, 0.5) is 11.4 Å². The van der Waals surface area contributed by atoms with Gasteiger partial charge >= 0.3 is 0 Å². The number of carbonyl (C=O) groups is 1. The van der Waals surface area contributed by atoms with Crippen LogP contribution in [0.15, 0.2) is 53.4 Å². The van der Waals surface area contributed by atoms with E-state index < -0.39 is 0 Å². The molecular formula is C18H19ClN2OS. The van der Waals surface area contributed by atoms with Crippen LogP contribution in [0.2, 0.25) is 5.02 Å². The van der Waals surface area contributed by atoms with Crippen molar-refractivity contribution in [1.29, 1.82) is 0 Å². The Balaban J connectivity index is 1.50. The fourth-order valence-electron chi connectivity index (χ4n) is 2.61. The Kier molecular flexibility index (Phi) is 5.47. The lowest BCUT2D eigenvalue weighted by atomic mass is 10.2. The van der Waals surface area contributed by atoms with Gasteiger partial charge in [0.05, 0.1) is 5.75 Å². The number of carbonyl (C=O) groups excluding carboxylic acids is 1. The number of anilines is 2. The lowest BCUT2D eigenvalue weighted by Crippen LogP contribution is -2.18. The molecule has 0 radical (unpaired) electrons. The van der Waals surface area contributed by atoms with E-state index in [1.165, 1.54) is 30.3 Å². The average molecular weight is 347 g/mol. The predicted octanol–water partition coefficient (Wildman–Crippen LogP) is 4.67. The zero-order valence-corrected chi connectivity index (χ0v) is 14.4. The number of nitrogens with one attached hydrogen (secondary N) is 1. The van der Waals surface area contributed by atoms with Gasteiger partial charge in [-0.05, 0) is 61.4 Å². The molecule has 0 bridgehead atoms. The maximum atomic E-state index is 12.0. The van der Waals surface area contributed by atoms with E-state index in [4.69, 9.17) is 11.6 Å². The zero-order chi connectivity index (χ0) is 16.1. The lowest BCUT2D eigenvalue weighted by Gasteiger charge is -2.17. The molecule has 1 amide bonds. The van der Waals surface area contributed by atoms with Gasteiger partial charge in [-0.3, -0.25) is 4.79 Å². The van der Waals surface area contributed by atoms with Crippen LogP contribution < -0.4 is 10.2 Å². The summed E-state index contributed by atoms with van der Waals surface area (Å²) in [6.07, 6.45) is 2.53. The molecule has 0 atom stereocenters. The van der Waals surface area contributed by atoms with Crippen molar-refractivity contribution < 1.29 is 4.79 Å². The first-order chi connectivity index (χ1) is 11.2. The predicted molar refractivity (Wildman–Crippen MR) is 98.7 cm³/mol. The van der Waals surface area contributed by atoms with Crippen molar-refractivity contribution in [1.82, 2.24) is 0 Å². The fraction of sp³-hybridized carbons (Fsp3) is 0.278. The fourth-order valence-corrected chi connectivity index (χ4v) is 3.43. The minimum Gasteiger partial charge on any atom is -0.372 e. The Hall–Kier alpha value is -1.65. The Morgan fingerprint density at radius 2 is 1.70 bits per heavy atom. The van der Waals surface area contributed by atoms with Crippen LogP contribution in [-0.2, 0) is 4.79 Å². The third kappa shape index (κ3) is 4.66. The first-order valence-corrected chi connectivity index (χ1v) is 9.10. The van der Waals surface area contributed by atoms with Crippen LogP contribution in [0, 0.1) is 0 Å². The van der Waals surface area contributed by atoms with Crippen molar-refractivity contribution in [3.05, 3.63) is 53.6 Å². The molecule has 1 N–H and O–H groups in total. The van der Waals surface area contributed by atoms with Crippen LogP contribution in [0.1, 0.15) is 12.8 Å². The van der Waals surface area contributed by atoms with E-state index in [2.05, 4.69) is 22.3 Å². The molecule has 1 aliphatic rings. The number of halogens is 1. The number of rotatable bonds is 5. The Morgan fingerprint density at radius 1 is 1.04 bits per heavy atom. The van der Waals surface area contributed by atoms with Gasteiger partial charge in [-0.2, -0.15) is 0 Å². The molecule has 120 valence electrons. The third-order valence-electron chi connectivity index (χ3n) is 3.81. The minimum absolute atomic E-state index is 0.00104. The number of nitrogens with zero attached hydrogens (tertiary/aromatic N) is 1. The summed E-state index contributed by atoms with van der Waals surface area (Å²) in [7, 11) is 0. The molecule has 1 saturated heterocycles. The lowest BCUT2D eigenvalue weighted by molar-refractivity contribution is -0.113. The summed E-state index contributed by atoms with van der Waals surface area (Å²) >= 11 is 7.35. The average Bonchev–Trinajstić information content (AvgIpc) is 3.09. The van der Waals surface area contributed by atoms with Crippen molar-refractivity contribution in [2.24, 2.45) is 0 Å². The topological polar surface area (TPSA) is 32.3 Å². The SMILES string of the molecule is O=C(CSc1ccc(Cl)cc1)Nc1ccc(N2CCCC2)cc1. The second kappa shape index (κ2) is 7.75. The first-order valence-electron chi connectivity index (χ1n) is 7.74. The monoisotopic (exact) mass is 346 g/mol. The van der Waals surface area contributed by atoms with Crippen LogP contribution in [-0.4, -0.2) is 24.7 Å². The third-order valence-corrected chi connectivity index (χ3v) is 5.07. The summed E-state index contributed by atoms with van der Waals surface area (Å²) in [5.74, 6) is 0.383. The summed E-state index contributed by atoms with van der Waals surface area (Å²) in [5.41, 5.74) is 2.07. The highest BCUT2D eigenvalue weighted by molar-refractivity contribution is 8.00. The van der Waals surface area contributed by atoms with Gasteiger partial charge < -0.3 is 10.2 Å². The highest BCUT2D eigenvalue weighted by atomic mass is 35.5. The zero-order valence-electron chi connectivity index (χ0n) is 12.8. The van der Waals surface area contributed by atoms with Crippen LogP contribution in [0.5, 0.6) is 0 Å². The molecule has 3 nitrogen and oxygen atoms in total. The molecule has 0 spiro atoms. The molecule has 0 aromatic heterocycles. The Morgan fingerprint density at radius 3 is 2.35 bits per heavy atom. The van der Waals surface area contributed by atoms with Crippen LogP contribution in [0.25, 0.3) is 0 Å². The molecule has 3 rings (SSSR count). The Bertz CT molecular complexity index is 652. The van der Waals surface area contributed by atoms with Gasteiger partial charge in [0.25, 0.3) is 0 Å². The van der Waals surface area contributed by atoms with E-state index in [-0.39, 0.29) is 5.91 Å². The smallest absolute Gasteiger partial charge is 0.234 e. The highest BCUT2D eigenvalue weighted by Gasteiger charge is 2.12. The maximum Gasteiger partial charge on any atom is 0.234 e. The van der Waals surface area contributed by atoms with E-state index in [1.54, 1.807) is 0 Å². The van der Waals surface area contributed by atoms with Gasteiger partial charge in [-0.15, -0.1) is 11.8 Å². The number of amides is 1. The number of hydrogen-bond donors (Lipinski definition) is 1. The van der Waals surface area contributed by atoms with Crippen molar-refractivity contribution in [2.75, 3.05) is 29.1 Å². The second-order valence-corrected chi connectivity index (χ2v) is 7.02. The van der Waals surface area contributed by atoms with Crippen LogP contribution in [0.3, 0.4) is 0 Å². The van der Waals surface area contributed by atoms with Gasteiger partial charge in [0, 0.05) is 34.4 Å². The molecule has 0 saturated carbocycles. The molecule has 2 aromatic carbocycles. The molecule has 23 heavy (non-hydrogen) atoms. The summed E-state index contributed by atoms with van der Waals surface area (Å²) in [4.78, 5) is 15.4. The van der Waals surface area contributed by atoms with E-state index >= 15 is 0 Å². The number of benzene rings is 2. The van der Waals surface area contributed by atoms with Gasteiger partial charge in [-0.25, -0.2) is 0 Å². The van der Waals surface area contributed by atoms with Gasteiger partial charge in [0.2, 0.25) is 5.91 Å². The largest absolute Gasteiger partial charge is 0.372 e. The molecule has 1 heterocycles. The van der Waals surface area contributed by atoms with Crippen molar-refractivity contribution in [2.45, 2.75) is 17.7 Å². The highest BCUT2D eigenvalue weighted by Crippen LogP contribution is 2.23. The van der Waals surface area contributed by atoms with Gasteiger partial charge in [-0.1, -0.05) is 11.6 Å². The molecule has 1 aliphatic heterocycles. The summed E-state index contributed by atoms with van der Waals surface area (Å²) < 4.78 is 0. The summed E-state index contributed by atoms with van der Waals surface area (Å²) in [6, 6.07) is 15.6. The van der Waals surface area contributed by atoms with Crippen molar-refractivity contribution in [3.63, 3.8) is 0 Å². The van der Waals surface area contributed by atoms with Gasteiger partial charge in [0.15, 0.2) is 0 Å². The quantitative estimate of drug-likeness (QED) is 0.798. The molecule has 5 heteroatoms.